The van der Waals surface area contributed by atoms with E-state index in [1.54, 1.807) is 12.1 Å². The zero-order valence-electron chi connectivity index (χ0n) is 9.98. The fourth-order valence-corrected chi connectivity index (χ4v) is 1.71. The van der Waals surface area contributed by atoms with Crippen LogP contribution in [-0.4, -0.2) is 22.5 Å². The molecule has 0 saturated heterocycles. The predicted molar refractivity (Wildman–Crippen MR) is 67.2 cm³/mol. The number of anilines is 1. The van der Waals surface area contributed by atoms with E-state index in [0.29, 0.717) is 24.9 Å². The quantitative estimate of drug-likeness (QED) is 0.728. The van der Waals surface area contributed by atoms with Crippen molar-refractivity contribution in [1.82, 2.24) is 0 Å². The molecular formula is C13H16N2O3. The van der Waals surface area contributed by atoms with Gasteiger partial charge in [-0.3, -0.25) is 9.59 Å². The van der Waals surface area contributed by atoms with Crippen LogP contribution >= 0.6 is 0 Å². The summed E-state index contributed by atoms with van der Waals surface area (Å²) in [5.41, 5.74) is 6.55. The van der Waals surface area contributed by atoms with Crippen LogP contribution in [-0.2, 0) is 16.0 Å². The normalized spacial score (nSPS) is 16.1. The molecule has 4 N–H and O–H groups in total. The van der Waals surface area contributed by atoms with Crippen LogP contribution in [0.2, 0.25) is 0 Å². The summed E-state index contributed by atoms with van der Waals surface area (Å²) in [5, 5.41) is 11.5. The van der Waals surface area contributed by atoms with Gasteiger partial charge < -0.3 is 16.2 Å². The lowest BCUT2D eigenvalue weighted by molar-refractivity contribution is -0.136. The largest absolute Gasteiger partial charge is 0.481 e. The molecule has 0 radical (unpaired) electrons. The summed E-state index contributed by atoms with van der Waals surface area (Å²) in [5.74, 6) is -1.04. The van der Waals surface area contributed by atoms with E-state index in [0.717, 1.165) is 5.56 Å². The number of para-hydroxylation sites is 1. The van der Waals surface area contributed by atoms with Gasteiger partial charge in [0.15, 0.2) is 0 Å². The molecule has 1 aliphatic carbocycles. The predicted octanol–water partition coefficient (Wildman–Crippen LogP) is 1.13. The van der Waals surface area contributed by atoms with E-state index in [9.17, 15) is 9.59 Å². The van der Waals surface area contributed by atoms with Crippen molar-refractivity contribution in [2.45, 2.75) is 31.2 Å². The molecule has 0 spiro atoms. The number of carboxylic acid groups (broad SMARTS) is 1. The van der Waals surface area contributed by atoms with Crippen LogP contribution in [0.15, 0.2) is 24.3 Å². The number of hydrogen-bond acceptors (Lipinski definition) is 3. The number of nitrogens with one attached hydrogen (secondary N) is 1. The Balaban J connectivity index is 2.07. The molecule has 0 bridgehead atoms. The molecule has 1 aromatic carbocycles. The number of carboxylic acids is 1. The molecule has 2 rings (SSSR count). The molecular weight excluding hydrogens is 232 g/mol. The third kappa shape index (κ3) is 2.87. The fraction of sp³-hybridized carbons (Fsp3) is 0.385. The monoisotopic (exact) mass is 248 g/mol. The van der Waals surface area contributed by atoms with E-state index >= 15 is 0 Å². The molecule has 0 atom stereocenters. The van der Waals surface area contributed by atoms with Crippen molar-refractivity contribution in [1.29, 1.82) is 0 Å². The zero-order valence-corrected chi connectivity index (χ0v) is 9.98. The second kappa shape index (κ2) is 4.78. The van der Waals surface area contributed by atoms with Gasteiger partial charge in [0.2, 0.25) is 5.91 Å². The van der Waals surface area contributed by atoms with Crippen molar-refractivity contribution < 1.29 is 14.7 Å². The zero-order chi connectivity index (χ0) is 13.2. The third-order valence-electron chi connectivity index (χ3n) is 3.11. The molecule has 5 nitrogen and oxygen atoms in total. The Kier molecular flexibility index (Phi) is 3.34. The van der Waals surface area contributed by atoms with Crippen molar-refractivity contribution >= 4 is 17.6 Å². The Morgan fingerprint density at radius 3 is 2.61 bits per heavy atom. The van der Waals surface area contributed by atoms with Gasteiger partial charge in [0.1, 0.15) is 0 Å². The van der Waals surface area contributed by atoms with E-state index < -0.39 is 11.5 Å². The molecule has 1 saturated carbocycles. The number of carbonyl (C=O) groups is 2. The van der Waals surface area contributed by atoms with Gasteiger partial charge in [0.25, 0.3) is 0 Å². The van der Waals surface area contributed by atoms with Gasteiger partial charge in [0, 0.05) is 12.1 Å². The van der Waals surface area contributed by atoms with E-state index in [-0.39, 0.29) is 12.3 Å². The van der Waals surface area contributed by atoms with Crippen molar-refractivity contribution in [3.05, 3.63) is 29.8 Å². The van der Waals surface area contributed by atoms with Gasteiger partial charge in [-0.05, 0) is 30.9 Å². The van der Waals surface area contributed by atoms with Gasteiger partial charge in [-0.25, -0.2) is 0 Å². The highest BCUT2D eigenvalue weighted by Crippen LogP contribution is 2.33. The average Bonchev–Trinajstić information content (AvgIpc) is 3.07. The number of aliphatic carboxylic acids is 1. The summed E-state index contributed by atoms with van der Waals surface area (Å²) < 4.78 is 0. The van der Waals surface area contributed by atoms with Crippen LogP contribution in [0.4, 0.5) is 5.69 Å². The van der Waals surface area contributed by atoms with E-state index in [1.165, 1.54) is 0 Å². The summed E-state index contributed by atoms with van der Waals surface area (Å²) in [4.78, 5) is 22.4. The lowest BCUT2D eigenvalue weighted by atomic mass is 10.1. The second-order valence-electron chi connectivity index (χ2n) is 4.66. The standard InChI is InChI=1S/C13H16N2O3/c14-13(7-8-13)12(18)15-10-4-2-1-3-9(10)5-6-11(16)17/h1-4H,5-8,14H2,(H,15,18)(H,16,17). The summed E-state index contributed by atoms with van der Waals surface area (Å²) in [6.07, 6.45) is 1.84. The number of rotatable bonds is 5. The molecule has 0 aliphatic heterocycles. The summed E-state index contributed by atoms with van der Waals surface area (Å²) in [7, 11) is 0. The fourth-order valence-electron chi connectivity index (χ4n) is 1.71. The minimum atomic E-state index is -0.853. The molecule has 1 fully saturated rings. The van der Waals surface area contributed by atoms with Crippen molar-refractivity contribution in [2.75, 3.05) is 5.32 Å². The topological polar surface area (TPSA) is 92.4 Å². The Labute approximate surface area is 105 Å². The van der Waals surface area contributed by atoms with E-state index in [2.05, 4.69) is 5.32 Å². The van der Waals surface area contributed by atoms with Crippen LogP contribution < -0.4 is 11.1 Å². The average molecular weight is 248 g/mol. The van der Waals surface area contributed by atoms with Gasteiger partial charge in [-0.2, -0.15) is 0 Å². The van der Waals surface area contributed by atoms with Crippen molar-refractivity contribution in [3.63, 3.8) is 0 Å². The van der Waals surface area contributed by atoms with Gasteiger partial charge in [0.05, 0.1) is 5.54 Å². The maximum Gasteiger partial charge on any atom is 0.303 e. The van der Waals surface area contributed by atoms with Gasteiger partial charge in [-0.1, -0.05) is 18.2 Å². The Morgan fingerprint density at radius 2 is 2.00 bits per heavy atom. The highest BCUT2D eigenvalue weighted by molar-refractivity contribution is 6.00. The van der Waals surface area contributed by atoms with E-state index in [4.69, 9.17) is 10.8 Å². The third-order valence-corrected chi connectivity index (χ3v) is 3.11. The Bertz CT molecular complexity index is 481. The first-order valence-corrected chi connectivity index (χ1v) is 5.91. The van der Waals surface area contributed by atoms with Crippen LogP contribution in [0, 0.1) is 0 Å². The number of carbonyl (C=O) groups excluding carboxylic acids is 1. The maximum atomic E-state index is 11.8. The first kappa shape index (κ1) is 12.6. The number of nitrogens with two attached hydrogens (primary N) is 1. The van der Waals surface area contributed by atoms with Crippen molar-refractivity contribution in [3.8, 4) is 0 Å². The second-order valence-corrected chi connectivity index (χ2v) is 4.66. The molecule has 0 unspecified atom stereocenters. The molecule has 1 aliphatic rings. The van der Waals surface area contributed by atoms with Gasteiger partial charge in [-0.15, -0.1) is 0 Å². The number of aryl methyl sites for hydroxylation is 1. The number of benzene rings is 1. The maximum absolute atomic E-state index is 11.8. The van der Waals surface area contributed by atoms with Crippen molar-refractivity contribution in [2.24, 2.45) is 5.73 Å². The van der Waals surface area contributed by atoms with Gasteiger partial charge >= 0.3 is 5.97 Å². The molecule has 5 heteroatoms. The highest BCUT2D eigenvalue weighted by Gasteiger charge is 2.46. The summed E-state index contributed by atoms with van der Waals surface area (Å²) in [6, 6.07) is 7.20. The molecule has 18 heavy (non-hydrogen) atoms. The summed E-state index contributed by atoms with van der Waals surface area (Å²) in [6.45, 7) is 0. The highest BCUT2D eigenvalue weighted by atomic mass is 16.4. The molecule has 1 aromatic rings. The van der Waals surface area contributed by atoms with Crippen LogP contribution in [0.5, 0.6) is 0 Å². The minimum absolute atomic E-state index is 0.0423. The Morgan fingerprint density at radius 1 is 1.33 bits per heavy atom. The molecule has 96 valence electrons. The van der Waals surface area contributed by atoms with Crippen LogP contribution in [0.1, 0.15) is 24.8 Å². The number of amides is 1. The SMILES string of the molecule is NC1(C(=O)Nc2ccccc2CCC(=O)O)CC1. The first-order chi connectivity index (χ1) is 8.51. The lowest BCUT2D eigenvalue weighted by Crippen LogP contribution is -2.38. The molecule has 0 heterocycles. The van der Waals surface area contributed by atoms with E-state index in [1.807, 2.05) is 12.1 Å². The van der Waals surface area contributed by atoms with Crippen LogP contribution in [0.25, 0.3) is 0 Å². The minimum Gasteiger partial charge on any atom is -0.481 e. The summed E-state index contributed by atoms with van der Waals surface area (Å²) >= 11 is 0. The van der Waals surface area contributed by atoms with Crippen LogP contribution in [0.3, 0.4) is 0 Å². The first-order valence-electron chi connectivity index (χ1n) is 5.91. The lowest BCUT2D eigenvalue weighted by Gasteiger charge is -2.13. The number of hydrogen-bond donors (Lipinski definition) is 3. The molecule has 1 amide bonds. The smallest absolute Gasteiger partial charge is 0.303 e. The molecule has 0 aromatic heterocycles. The Hall–Kier alpha value is -1.88.